The lowest BCUT2D eigenvalue weighted by molar-refractivity contribution is -0.401. The third kappa shape index (κ3) is 17.0. The van der Waals surface area contributed by atoms with E-state index in [2.05, 4.69) is 0 Å². The number of hydrogen-bond acceptors (Lipinski definition) is 46. The van der Waals surface area contributed by atoms with E-state index in [0.29, 0.717) is 0 Å². The molecule has 46 heteroatoms. The summed E-state index contributed by atoms with van der Waals surface area (Å²) in [4.78, 5) is 0. The molecule has 1 unspecified atom stereocenters. The van der Waals surface area contributed by atoms with Crippen LogP contribution in [0.25, 0.3) is 0 Å². The summed E-state index contributed by atoms with van der Waals surface area (Å²) < 4.78 is 96.8. The van der Waals surface area contributed by atoms with Crippen LogP contribution in [0.2, 0.25) is 0 Å². The van der Waals surface area contributed by atoms with E-state index in [0.717, 1.165) is 0 Å². The van der Waals surface area contributed by atoms with Crippen molar-refractivity contribution >= 4 is 0 Å². The van der Waals surface area contributed by atoms with Crippen molar-refractivity contribution < 1.29 is 229 Å². The van der Waals surface area contributed by atoms with Crippen LogP contribution in [0.5, 0.6) is 0 Å². The molecule has 9 heterocycles. The van der Waals surface area contributed by atoms with E-state index < -0.39 is 336 Å². The third-order valence-electron chi connectivity index (χ3n) is 18.7. The first-order valence-electron chi connectivity index (χ1n) is 31.7. The number of aliphatic hydroxyl groups is 29. The lowest BCUT2D eigenvalue weighted by Crippen LogP contribution is -2.68. The molecule has 0 amide bonds. The first kappa shape index (κ1) is 82.2. The molecule has 9 aliphatic rings. The molecule has 9 rings (SSSR count). The van der Waals surface area contributed by atoms with Crippen LogP contribution in [0.3, 0.4) is 0 Å². The predicted octanol–water partition coefficient (Wildman–Crippen LogP) is -20.6. The Bertz CT molecular complexity index is 2450. The van der Waals surface area contributed by atoms with Crippen LogP contribution >= 0.6 is 0 Å². The molecule has 0 aromatic rings. The molecule has 0 saturated carbocycles. The normalized spacial score (nSPS) is 53.7. The summed E-state index contributed by atoms with van der Waals surface area (Å²) in [6, 6.07) is 0. The summed E-state index contributed by atoms with van der Waals surface area (Å²) in [5, 5.41) is 313. The van der Waals surface area contributed by atoms with Gasteiger partial charge in [0, 0.05) is 0 Å². The van der Waals surface area contributed by atoms with Gasteiger partial charge in [-0.2, -0.15) is 0 Å². The van der Waals surface area contributed by atoms with Gasteiger partial charge in [-0.05, 0) is 0 Å². The van der Waals surface area contributed by atoms with Crippen LogP contribution in [0.4, 0.5) is 0 Å². The van der Waals surface area contributed by atoms with Crippen LogP contribution in [0.1, 0.15) is 0 Å². The van der Waals surface area contributed by atoms with Crippen LogP contribution in [-0.2, 0) is 80.5 Å². The Balaban J connectivity index is 0.963. The minimum Gasteiger partial charge on any atom is -0.394 e. The number of hydrogen-bond donors (Lipinski definition) is 29. The highest BCUT2D eigenvalue weighted by molar-refractivity contribution is 5.02. The molecule has 100 heavy (non-hydrogen) atoms. The molecule has 46 nitrogen and oxygen atoms in total. The van der Waals surface area contributed by atoms with Gasteiger partial charge in [-0.15, -0.1) is 0 Å². The molecule has 0 aromatic carbocycles. The fraction of sp³-hybridized carbons (Fsp3) is 1.00. The van der Waals surface area contributed by atoms with Crippen LogP contribution in [0, 0.1) is 0 Å². The average molecular weight is 1480 g/mol. The van der Waals surface area contributed by atoms with E-state index in [1.807, 2.05) is 0 Å². The largest absolute Gasteiger partial charge is 0.394 e. The van der Waals surface area contributed by atoms with Crippen LogP contribution < -0.4 is 0 Å². The first-order valence-corrected chi connectivity index (χ1v) is 31.7. The van der Waals surface area contributed by atoms with Crippen LogP contribution in [-0.4, -0.2) is 484 Å². The SMILES string of the molecule is OC[C@H]1O[C@@H](O[C@H]2[C@@H](OC[C@H]3O[C@@H](O[C@H]4[C@H](O)[C@@H](O)[C@H](O[C@H]5[C@H](O)[C@H](O)[C@H](O[C@H]6[C@H](O)[C@@H](O)C(O)O[C@@H]6CO)O[C@@H]5CO[C@H]5O[C@H](CO)[C@H](O)[C@H](O)[C@H]5O)O[C@@H]4CO)[C@@H](O)[C@@H](O)[C@@H]3O[C@@H]3O[C@H](CO)[C@@H](O[C@@H]4O[C@H](CO)[C@@H](O)[C@H](O)[C@@H]4O)[C@H](O)[C@H]3O)O[C@H](CO)[C@H](O)[C@@H]2O)[C@H](O)[C@@H](O)[C@H]1O. The van der Waals surface area contributed by atoms with Crippen molar-refractivity contribution in [3.8, 4) is 0 Å². The van der Waals surface area contributed by atoms with Gasteiger partial charge in [-0.25, -0.2) is 0 Å². The standard InChI is InChI=1S/C54H92O46/c55-1-10-19(62)23(66)33(76)47(87-10)84-8-17-43(30(73)38(81)52(93-17)95-40-14(5-59)86-46(83)32(75)27(40)70)98-50-37(80)29(72)42(16(7-61)92-50)97-53-39(82)31(74)44(99-51-36(79)28(71)41(15(6-60)91-51)96-48-34(77)24(67)20(63)11(2-56)88-48)18(94-53)9-85-54-45(26(69)22(65)13(4-58)90-54)100-49-35(78)25(68)21(64)12(3-57)89-49/h10-83H,1-9H2/t10-,11-,12-,13-,14-,15-,16-,17-,18-,19+,20-,21+,22+,23+,24+,25+,26+,27-,28-,29-,30-,31-,32-,33-,34+,35-,36-,37-,38+,39+,40-,41-,42-,43-,44-,45-,46?,47+,48+,49+,50+,51+,52+,53+,54+/m1/s1. The van der Waals surface area contributed by atoms with Crippen LogP contribution in [0.15, 0.2) is 0 Å². The van der Waals surface area contributed by atoms with Gasteiger partial charge in [0.15, 0.2) is 56.6 Å². The minimum atomic E-state index is -2.48. The van der Waals surface area contributed by atoms with Gasteiger partial charge in [0.25, 0.3) is 0 Å². The molecule has 0 bridgehead atoms. The van der Waals surface area contributed by atoms with Gasteiger partial charge in [0.2, 0.25) is 0 Å². The highest BCUT2D eigenvalue weighted by Crippen LogP contribution is 2.39. The fourth-order valence-electron chi connectivity index (χ4n) is 12.8. The van der Waals surface area contributed by atoms with Crippen molar-refractivity contribution in [3.63, 3.8) is 0 Å². The number of ether oxygens (including phenoxy) is 17. The second kappa shape index (κ2) is 35.5. The zero-order valence-electron chi connectivity index (χ0n) is 52.3. The van der Waals surface area contributed by atoms with Crippen molar-refractivity contribution in [2.24, 2.45) is 0 Å². The summed E-state index contributed by atoms with van der Waals surface area (Å²) in [5.41, 5.74) is 0. The molecule has 0 spiro atoms. The van der Waals surface area contributed by atoms with E-state index in [1.54, 1.807) is 0 Å². The Morgan fingerprint density at radius 2 is 0.370 bits per heavy atom. The smallest absolute Gasteiger partial charge is 0.187 e. The lowest BCUT2D eigenvalue weighted by atomic mass is 9.95. The molecule has 45 atom stereocenters. The predicted molar refractivity (Wildman–Crippen MR) is 297 cm³/mol. The molecular formula is C54H92O46. The summed E-state index contributed by atoms with van der Waals surface area (Å²) in [7, 11) is 0. The Morgan fingerprint density at radius 3 is 0.690 bits per heavy atom. The Kier molecular flexibility index (Phi) is 29.2. The van der Waals surface area contributed by atoms with E-state index in [1.165, 1.54) is 0 Å². The lowest BCUT2D eigenvalue weighted by Gasteiger charge is -2.50. The number of rotatable bonds is 25. The number of aliphatic hydroxyl groups excluding tert-OH is 29. The van der Waals surface area contributed by atoms with Gasteiger partial charge >= 0.3 is 0 Å². The zero-order chi connectivity index (χ0) is 73.4. The molecule has 9 fully saturated rings. The van der Waals surface area contributed by atoms with E-state index in [4.69, 9.17) is 80.5 Å². The molecule has 0 aliphatic carbocycles. The maximum atomic E-state index is 12.1. The summed E-state index contributed by atoms with van der Waals surface area (Å²) >= 11 is 0. The van der Waals surface area contributed by atoms with Gasteiger partial charge in [-0.3, -0.25) is 0 Å². The molecule has 9 saturated heterocycles. The maximum Gasteiger partial charge on any atom is 0.187 e. The van der Waals surface area contributed by atoms with Crippen molar-refractivity contribution in [1.82, 2.24) is 0 Å². The molecular weight excluding hydrogens is 1380 g/mol. The Hall–Kier alpha value is -1.84. The van der Waals surface area contributed by atoms with Gasteiger partial charge < -0.3 is 229 Å². The van der Waals surface area contributed by atoms with Crippen molar-refractivity contribution in [1.29, 1.82) is 0 Å². The molecule has 9 aliphatic heterocycles. The Labute approximate surface area is 563 Å². The molecule has 0 aromatic heterocycles. The summed E-state index contributed by atoms with van der Waals surface area (Å²) in [6.45, 7) is -9.41. The van der Waals surface area contributed by atoms with E-state index in [-0.39, 0.29) is 0 Å². The van der Waals surface area contributed by atoms with E-state index in [9.17, 15) is 148 Å². The Morgan fingerprint density at radius 1 is 0.170 bits per heavy atom. The topological polar surface area (TPSA) is 744 Å². The summed E-state index contributed by atoms with van der Waals surface area (Å²) in [6.07, 6.45) is -93.3. The fourth-order valence-corrected chi connectivity index (χ4v) is 12.8. The highest BCUT2D eigenvalue weighted by atomic mass is 16.8. The highest BCUT2D eigenvalue weighted by Gasteiger charge is 2.60. The molecule has 0 radical (unpaired) electrons. The molecule has 29 N–H and O–H groups in total. The van der Waals surface area contributed by atoms with Crippen molar-refractivity contribution in [2.75, 3.05) is 59.5 Å². The minimum absolute atomic E-state index is 0.931. The van der Waals surface area contributed by atoms with E-state index >= 15 is 0 Å². The summed E-state index contributed by atoms with van der Waals surface area (Å²) in [5.74, 6) is 0. The quantitative estimate of drug-likeness (QED) is 0.0404. The average Bonchev–Trinajstić information content (AvgIpc) is 0.782. The molecule has 584 valence electrons. The monoisotopic (exact) mass is 1480 g/mol. The van der Waals surface area contributed by atoms with Gasteiger partial charge in [-0.1, -0.05) is 0 Å². The third-order valence-corrected chi connectivity index (χ3v) is 18.7. The van der Waals surface area contributed by atoms with Gasteiger partial charge in [0.05, 0.1) is 59.5 Å². The zero-order valence-corrected chi connectivity index (χ0v) is 52.3. The second-order valence-electron chi connectivity index (χ2n) is 25.3. The second-order valence-corrected chi connectivity index (χ2v) is 25.3. The van der Waals surface area contributed by atoms with Crippen molar-refractivity contribution in [3.05, 3.63) is 0 Å². The van der Waals surface area contributed by atoms with Crippen molar-refractivity contribution in [2.45, 2.75) is 276 Å². The maximum absolute atomic E-state index is 12.1. The van der Waals surface area contributed by atoms with Gasteiger partial charge in [0.1, 0.15) is 220 Å². The first-order chi connectivity index (χ1) is 47.4.